The molecule has 1 atom stereocenters. The van der Waals surface area contributed by atoms with Crippen LogP contribution in [-0.2, 0) is 9.59 Å². The van der Waals surface area contributed by atoms with Crippen LogP contribution in [0.3, 0.4) is 0 Å². The number of rotatable bonds is 1. The van der Waals surface area contributed by atoms with Gasteiger partial charge in [0.1, 0.15) is 11.9 Å². The number of nitrogens with zero attached hydrogens (tertiary/aromatic N) is 2. The number of carbonyl (C=O) groups is 2. The number of hydrogen-bond acceptors (Lipinski definition) is 5. The standard InChI is InChI=1S/C10H12N4O2/c1-6-10(16)13-9(15)5-14(6)8-3-2-7(11)4-12-8/h2-4,6H,5,11H2,1H3,(H,13,15,16). The van der Waals surface area contributed by atoms with E-state index < -0.39 is 6.04 Å². The quantitative estimate of drug-likeness (QED) is 0.624. The Bertz CT molecular complexity index is 429. The highest BCUT2D eigenvalue weighted by molar-refractivity contribution is 6.04. The van der Waals surface area contributed by atoms with Crippen molar-refractivity contribution in [3.8, 4) is 0 Å². The predicted octanol–water partition coefficient (Wildman–Crippen LogP) is -0.485. The molecule has 1 unspecified atom stereocenters. The van der Waals surface area contributed by atoms with Gasteiger partial charge in [-0.3, -0.25) is 14.9 Å². The largest absolute Gasteiger partial charge is 0.397 e. The summed E-state index contributed by atoms with van der Waals surface area (Å²) in [6.07, 6.45) is 1.50. The lowest BCUT2D eigenvalue weighted by molar-refractivity contribution is -0.132. The van der Waals surface area contributed by atoms with Crippen molar-refractivity contribution in [2.24, 2.45) is 0 Å². The zero-order valence-corrected chi connectivity index (χ0v) is 8.80. The van der Waals surface area contributed by atoms with Crippen molar-refractivity contribution in [2.45, 2.75) is 13.0 Å². The molecule has 3 N–H and O–H groups in total. The van der Waals surface area contributed by atoms with Crippen molar-refractivity contribution in [1.29, 1.82) is 0 Å². The van der Waals surface area contributed by atoms with Crippen LogP contribution in [0.1, 0.15) is 6.92 Å². The molecule has 0 saturated carbocycles. The Labute approximate surface area is 92.4 Å². The van der Waals surface area contributed by atoms with Gasteiger partial charge in [0.2, 0.25) is 11.8 Å². The number of nitrogens with one attached hydrogen (secondary N) is 1. The first kappa shape index (κ1) is 10.4. The van der Waals surface area contributed by atoms with Gasteiger partial charge in [0.15, 0.2) is 0 Å². The van der Waals surface area contributed by atoms with Gasteiger partial charge < -0.3 is 10.6 Å². The summed E-state index contributed by atoms with van der Waals surface area (Å²) in [4.78, 5) is 28.4. The molecule has 1 aliphatic rings. The van der Waals surface area contributed by atoms with Crippen LogP contribution in [0.25, 0.3) is 0 Å². The van der Waals surface area contributed by atoms with Gasteiger partial charge in [-0.1, -0.05) is 0 Å². The minimum atomic E-state index is -0.408. The van der Waals surface area contributed by atoms with Gasteiger partial charge in [-0.05, 0) is 19.1 Å². The summed E-state index contributed by atoms with van der Waals surface area (Å²) in [6.45, 7) is 1.85. The average Bonchev–Trinajstić information content (AvgIpc) is 2.25. The molecule has 1 aromatic rings. The minimum absolute atomic E-state index is 0.129. The highest BCUT2D eigenvalue weighted by Gasteiger charge is 2.30. The summed E-state index contributed by atoms with van der Waals surface area (Å²) in [7, 11) is 0. The predicted molar refractivity (Wildman–Crippen MR) is 58.6 cm³/mol. The molecule has 0 radical (unpaired) electrons. The summed E-state index contributed by atoms with van der Waals surface area (Å²) in [5.41, 5.74) is 6.06. The third kappa shape index (κ3) is 1.81. The van der Waals surface area contributed by atoms with E-state index in [0.717, 1.165) is 0 Å². The first-order valence-corrected chi connectivity index (χ1v) is 4.90. The molecule has 6 heteroatoms. The Balaban J connectivity index is 2.28. The van der Waals surface area contributed by atoms with Gasteiger partial charge >= 0.3 is 0 Å². The molecule has 1 saturated heterocycles. The maximum Gasteiger partial charge on any atom is 0.249 e. The second-order valence-corrected chi connectivity index (χ2v) is 3.67. The maximum atomic E-state index is 11.4. The number of nitrogen functional groups attached to an aromatic ring is 1. The van der Waals surface area contributed by atoms with Crippen molar-refractivity contribution in [1.82, 2.24) is 10.3 Å². The van der Waals surface area contributed by atoms with Crippen LogP contribution >= 0.6 is 0 Å². The van der Waals surface area contributed by atoms with Gasteiger partial charge in [-0.15, -0.1) is 0 Å². The van der Waals surface area contributed by atoms with Crippen LogP contribution < -0.4 is 16.0 Å². The maximum absolute atomic E-state index is 11.4. The molecule has 2 rings (SSSR count). The third-order valence-corrected chi connectivity index (χ3v) is 2.49. The summed E-state index contributed by atoms with van der Waals surface area (Å²) in [5, 5.41) is 2.27. The number of anilines is 2. The minimum Gasteiger partial charge on any atom is -0.397 e. The molecule has 2 amide bonds. The lowest BCUT2D eigenvalue weighted by atomic mass is 10.2. The second-order valence-electron chi connectivity index (χ2n) is 3.67. The average molecular weight is 220 g/mol. The molecule has 2 heterocycles. The van der Waals surface area contributed by atoms with E-state index >= 15 is 0 Å². The fourth-order valence-electron chi connectivity index (χ4n) is 1.56. The van der Waals surface area contributed by atoms with E-state index in [2.05, 4.69) is 10.3 Å². The van der Waals surface area contributed by atoms with E-state index in [0.29, 0.717) is 11.5 Å². The van der Waals surface area contributed by atoms with Crippen molar-refractivity contribution in [3.05, 3.63) is 18.3 Å². The third-order valence-electron chi connectivity index (χ3n) is 2.49. The van der Waals surface area contributed by atoms with Crippen LogP contribution in [0.2, 0.25) is 0 Å². The van der Waals surface area contributed by atoms with Crippen LogP contribution in [0.15, 0.2) is 18.3 Å². The van der Waals surface area contributed by atoms with Crippen LogP contribution in [0.4, 0.5) is 11.5 Å². The summed E-state index contributed by atoms with van der Waals surface area (Å²) in [6, 6.07) is 2.97. The van der Waals surface area contributed by atoms with Crippen molar-refractivity contribution in [3.63, 3.8) is 0 Å². The number of pyridine rings is 1. The molecule has 6 nitrogen and oxygen atoms in total. The number of aromatic nitrogens is 1. The normalized spacial score (nSPS) is 20.8. The van der Waals surface area contributed by atoms with Crippen LogP contribution in [0, 0.1) is 0 Å². The van der Waals surface area contributed by atoms with E-state index in [4.69, 9.17) is 5.73 Å². The van der Waals surface area contributed by atoms with Gasteiger partial charge in [0.25, 0.3) is 0 Å². The monoisotopic (exact) mass is 220 g/mol. The molecule has 1 fully saturated rings. The first-order valence-electron chi connectivity index (χ1n) is 4.90. The van der Waals surface area contributed by atoms with Crippen molar-refractivity contribution in [2.75, 3.05) is 17.2 Å². The first-order chi connectivity index (χ1) is 7.58. The Kier molecular flexibility index (Phi) is 2.47. The number of imide groups is 1. The molecule has 1 aliphatic heterocycles. The fourth-order valence-corrected chi connectivity index (χ4v) is 1.56. The molecule has 0 bridgehead atoms. The lowest BCUT2D eigenvalue weighted by Crippen LogP contribution is -2.57. The fraction of sp³-hybridized carbons (Fsp3) is 0.300. The summed E-state index contributed by atoms with van der Waals surface area (Å²) >= 11 is 0. The SMILES string of the molecule is CC1C(=O)NC(=O)CN1c1ccc(N)cn1. The second kappa shape index (κ2) is 3.80. The van der Waals surface area contributed by atoms with Gasteiger partial charge in [0.05, 0.1) is 18.4 Å². The topological polar surface area (TPSA) is 88.3 Å². The van der Waals surface area contributed by atoms with Crippen LogP contribution in [0.5, 0.6) is 0 Å². The molecule has 84 valence electrons. The van der Waals surface area contributed by atoms with Crippen LogP contribution in [-0.4, -0.2) is 29.4 Å². The van der Waals surface area contributed by atoms with E-state index in [1.165, 1.54) is 6.20 Å². The van der Waals surface area contributed by atoms with E-state index in [-0.39, 0.29) is 18.4 Å². The number of piperazine rings is 1. The summed E-state index contributed by atoms with van der Waals surface area (Å²) < 4.78 is 0. The smallest absolute Gasteiger partial charge is 0.249 e. The number of nitrogens with two attached hydrogens (primary N) is 1. The van der Waals surface area contributed by atoms with E-state index in [1.807, 2.05) is 0 Å². The number of hydrogen-bond donors (Lipinski definition) is 2. The zero-order valence-electron chi connectivity index (χ0n) is 8.80. The van der Waals surface area contributed by atoms with Crippen molar-refractivity contribution >= 4 is 23.3 Å². The number of carbonyl (C=O) groups excluding carboxylic acids is 2. The Morgan fingerprint density at radius 1 is 1.50 bits per heavy atom. The molecule has 0 aliphatic carbocycles. The van der Waals surface area contributed by atoms with Gasteiger partial charge in [-0.25, -0.2) is 4.98 Å². The molecular weight excluding hydrogens is 208 g/mol. The number of amides is 2. The highest BCUT2D eigenvalue weighted by Crippen LogP contribution is 2.17. The van der Waals surface area contributed by atoms with E-state index in [1.54, 1.807) is 24.0 Å². The Morgan fingerprint density at radius 3 is 2.88 bits per heavy atom. The highest BCUT2D eigenvalue weighted by atomic mass is 16.2. The van der Waals surface area contributed by atoms with Gasteiger partial charge in [-0.2, -0.15) is 0 Å². The lowest BCUT2D eigenvalue weighted by Gasteiger charge is -2.32. The summed E-state index contributed by atoms with van der Waals surface area (Å²) in [5.74, 6) is -0.0542. The van der Waals surface area contributed by atoms with Gasteiger partial charge in [0, 0.05) is 0 Å². The Morgan fingerprint density at radius 2 is 2.25 bits per heavy atom. The molecule has 1 aromatic heterocycles. The molecule has 16 heavy (non-hydrogen) atoms. The molecular formula is C10H12N4O2. The molecule has 0 aromatic carbocycles. The molecule has 0 spiro atoms. The Hall–Kier alpha value is -2.11. The zero-order chi connectivity index (χ0) is 11.7. The van der Waals surface area contributed by atoms with E-state index in [9.17, 15) is 9.59 Å². The van der Waals surface area contributed by atoms with Crippen molar-refractivity contribution < 1.29 is 9.59 Å².